The van der Waals surface area contributed by atoms with E-state index in [1.807, 2.05) is 11.0 Å². The molecule has 1 unspecified atom stereocenters. The molecule has 1 amide bonds. The van der Waals surface area contributed by atoms with Crippen molar-refractivity contribution in [2.75, 3.05) is 45.9 Å². The molecule has 2 saturated heterocycles. The van der Waals surface area contributed by atoms with Crippen molar-refractivity contribution in [2.45, 2.75) is 25.2 Å². The monoisotopic (exact) mass is 368 g/mol. The number of morpholine rings is 1. The Bertz CT molecular complexity index is 740. The minimum absolute atomic E-state index is 0.0116. The third kappa shape index (κ3) is 4.57. The third-order valence-corrected chi connectivity index (χ3v) is 5.62. The predicted molar refractivity (Wildman–Crippen MR) is 104 cm³/mol. The first-order valence-electron chi connectivity index (χ1n) is 9.98. The molecule has 2 aliphatic heterocycles. The van der Waals surface area contributed by atoms with Gasteiger partial charge in [-0.3, -0.25) is 9.89 Å². The van der Waals surface area contributed by atoms with Gasteiger partial charge in [-0.05, 0) is 37.4 Å². The zero-order chi connectivity index (χ0) is 18.5. The van der Waals surface area contributed by atoms with Gasteiger partial charge in [-0.15, -0.1) is 0 Å². The van der Waals surface area contributed by atoms with E-state index in [-0.39, 0.29) is 5.91 Å². The van der Waals surface area contributed by atoms with Crippen molar-refractivity contribution in [3.63, 3.8) is 0 Å². The topological polar surface area (TPSA) is 61.5 Å². The summed E-state index contributed by atoms with van der Waals surface area (Å²) in [5.74, 6) is 0.436. The fourth-order valence-corrected chi connectivity index (χ4v) is 4.03. The van der Waals surface area contributed by atoms with Crippen molar-refractivity contribution in [1.29, 1.82) is 0 Å². The second-order valence-electron chi connectivity index (χ2n) is 7.49. The van der Waals surface area contributed by atoms with E-state index in [4.69, 9.17) is 4.74 Å². The maximum absolute atomic E-state index is 12.6. The summed E-state index contributed by atoms with van der Waals surface area (Å²) < 4.78 is 5.33. The normalized spacial score (nSPS) is 21.3. The van der Waals surface area contributed by atoms with Gasteiger partial charge in [-0.1, -0.05) is 30.3 Å². The summed E-state index contributed by atoms with van der Waals surface area (Å²) in [6, 6.07) is 12.6. The molecule has 6 nitrogen and oxygen atoms in total. The Morgan fingerprint density at radius 2 is 2.00 bits per heavy atom. The Hall–Kier alpha value is -2.18. The van der Waals surface area contributed by atoms with Crippen molar-refractivity contribution in [3.8, 4) is 0 Å². The lowest BCUT2D eigenvalue weighted by Crippen LogP contribution is -2.40. The van der Waals surface area contributed by atoms with Gasteiger partial charge in [0, 0.05) is 37.8 Å². The second-order valence-corrected chi connectivity index (χ2v) is 7.49. The first kappa shape index (κ1) is 18.2. The molecule has 1 atom stereocenters. The Labute approximate surface area is 160 Å². The molecule has 3 heterocycles. The van der Waals surface area contributed by atoms with Gasteiger partial charge in [0.25, 0.3) is 5.91 Å². The summed E-state index contributed by atoms with van der Waals surface area (Å²) in [6.07, 6.45) is 3.41. The number of hydrogen-bond donors (Lipinski definition) is 1. The van der Waals surface area contributed by atoms with Crippen LogP contribution in [-0.4, -0.2) is 71.8 Å². The summed E-state index contributed by atoms with van der Waals surface area (Å²) in [7, 11) is 0. The summed E-state index contributed by atoms with van der Waals surface area (Å²) in [6.45, 7) is 5.78. The number of carbonyl (C=O) groups is 1. The van der Waals surface area contributed by atoms with Gasteiger partial charge < -0.3 is 14.5 Å². The number of rotatable bonds is 5. The van der Waals surface area contributed by atoms with Crippen LogP contribution < -0.4 is 0 Å². The molecule has 6 heteroatoms. The van der Waals surface area contributed by atoms with E-state index >= 15 is 0 Å². The van der Waals surface area contributed by atoms with Crippen LogP contribution in [0.4, 0.5) is 0 Å². The molecule has 0 spiro atoms. The zero-order valence-corrected chi connectivity index (χ0v) is 15.8. The van der Waals surface area contributed by atoms with E-state index < -0.39 is 0 Å². The highest BCUT2D eigenvalue weighted by molar-refractivity contribution is 5.92. The van der Waals surface area contributed by atoms with Crippen LogP contribution in [0.1, 0.15) is 40.5 Å². The quantitative estimate of drug-likeness (QED) is 0.880. The first-order chi connectivity index (χ1) is 13.3. The number of amides is 1. The number of ether oxygens (including phenoxy) is 1. The zero-order valence-electron chi connectivity index (χ0n) is 15.8. The van der Waals surface area contributed by atoms with Crippen LogP contribution in [0.15, 0.2) is 36.4 Å². The van der Waals surface area contributed by atoms with E-state index in [0.29, 0.717) is 37.9 Å². The Balaban J connectivity index is 1.34. The lowest BCUT2D eigenvalue weighted by Gasteiger charge is -2.32. The molecule has 1 N–H and O–H groups in total. The highest BCUT2D eigenvalue weighted by Crippen LogP contribution is 2.26. The number of nitrogens with zero attached hydrogens (tertiary/aromatic N) is 3. The fourth-order valence-electron chi connectivity index (χ4n) is 4.03. The van der Waals surface area contributed by atoms with Crippen LogP contribution in [0.25, 0.3) is 0 Å². The first-order valence-corrected chi connectivity index (χ1v) is 9.98. The Morgan fingerprint density at radius 1 is 1.19 bits per heavy atom. The maximum atomic E-state index is 12.6. The minimum Gasteiger partial charge on any atom is -0.378 e. The number of likely N-dealkylation sites (tertiary alicyclic amines) is 1. The van der Waals surface area contributed by atoms with Crippen LogP contribution in [0.3, 0.4) is 0 Å². The molecule has 2 aliphatic rings. The van der Waals surface area contributed by atoms with Gasteiger partial charge in [0.15, 0.2) is 0 Å². The van der Waals surface area contributed by atoms with Gasteiger partial charge in [0.2, 0.25) is 0 Å². The molecule has 2 fully saturated rings. The number of piperidine rings is 1. The van der Waals surface area contributed by atoms with Gasteiger partial charge >= 0.3 is 0 Å². The lowest BCUT2D eigenvalue weighted by atomic mass is 9.94. The van der Waals surface area contributed by atoms with Crippen LogP contribution in [0, 0.1) is 0 Å². The third-order valence-electron chi connectivity index (χ3n) is 5.62. The average molecular weight is 368 g/mol. The van der Waals surface area contributed by atoms with Crippen LogP contribution in [0.5, 0.6) is 0 Å². The summed E-state index contributed by atoms with van der Waals surface area (Å²) in [4.78, 5) is 17.0. The summed E-state index contributed by atoms with van der Waals surface area (Å²) >= 11 is 0. The van der Waals surface area contributed by atoms with E-state index in [1.54, 1.807) is 0 Å². The van der Waals surface area contributed by atoms with E-state index in [1.165, 1.54) is 12.0 Å². The van der Waals surface area contributed by atoms with Crippen molar-refractivity contribution >= 4 is 5.91 Å². The fraction of sp³-hybridized carbons (Fsp3) is 0.524. The Morgan fingerprint density at radius 3 is 2.81 bits per heavy atom. The van der Waals surface area contributed by atoms with Crippen molar-refractivity contribution < 1.29 is 9.53 Å². The second kappa shape index (κ2) is 8.67. The van der Waals surface area contributed by atoms with E-state index in [0.717, 1.165) is 38.2 Å². The van der Waals surface area contributed by atoms with Gasteiger partial charge in [0.05, 0.1) is 13.2 Å². The maximum Gasteiger partial charge on any atom is 0.274 e. The molecule has 1 aromatic carbocycles. The molecule has 0 radical (unpaired) electrons. The molecule has 0 bridgehead atoms. The highest BCUT2D eigenvalue weighted by Gasteiger charge is 2.25. The number of nitrogens with one attached hydrogen (secondary N) is 1. The Kier molecular flexibility index (Phi) is 5.84. The smallest absolute Gasteiger partial charge is 0.274 e. The van der Waals surface area contributed by atoms with Crippen molar-refractivity contribution in [1.82, 2.24) is 20.0 Å². The molecule has 1 aromatic heterocycles. The number of H-pyrrole nitrogens is 1. The van der Waals surface area contributed by atoms with E-state index in [9.17, 15) is 4.79 Å². The highest BCUT2D eigenvalue weighted by atomic mass is 16.5. The van der Waals surface area contributed by atoms with E-state index in [2.05, 4.69) is 45.4 Å². The number of hydrogen-bond acceptors (Lipinski definition) is 4. The molecule has 2 aromatic rings. The number of aromatic amines is 1. The van der Waals surface area contributed by atoms with Crippen LogP contribution >= 0.6 is 0 Å². The summed E-state index contributed by atoms with van der Waals surface area (Å²) in [5, 5.41) is 7.44. The molecule has 27 heavy (non-hydrogen) atoms. The number of carbonyl (C=O) groups excluding carboxylic acids is 1. The van der Waals surface area contributed by atoms with Crippen molar-refractivity contribution in [3.05, 3.63) is 53.3 Å². The molecular weight excluding hydrogens is 340 g/mol. The number of benzene rings is 1. The molecule has 0 aliphatic carbocycles. The molecular formula is C21H28N4O2. The van der Waals surface area contributed by atoms with Gasteiger partial charge in [-0.2, -0.15) is 5.10 Å². The molecule has 0 saturated carbocycles. The molecule has 144 valence electrons. The number of aromatic nitrogens is 2. The summed E-state index contributed by atoms with van der Waals surface area (Å²) in [5.41, 5.74) is 3.02. The predicted octanol–water partition coefficient (Wildman–Crippen LogP) is 2.30. The van der Waals surface area contributed by atoms with Crippen molar-refractivity contribution in [2.24, 2.45) is 0 Å². The van der Waals surface area contributed by atoms with Gasteiger partial charge in [-0.25, -0.2) is 0 Å². The van der Waals surface area contributed by atoms with Crippen LogP contribution in [0.2, 0.25) is 0 Å². The largest absolute Gasteiger partial charge is 0.378 e. The molecule has 4 rings (SSSR count). The standard InChI is InChI=1S/C21H28N4O2/c26-21(25-11-13-27-14-12-25)20-15-19(22-23-20)18-7-4-9-24(16-18)10-8-17-5-2-1-3-6-17/h1-3,5-6,15,18H,4,7-14,16H2,(H,22,23). The SMILES string of the molecule is O=C(c1cc(C2CCCN(CCc3ccccc3)C2)[nH]n1)N1CCOCC1. The lowest BCUT2D eigenvalue weighted by molar-refractivity contribution is 0.0299. The average Bonchev–Trinajstić information content (AvgIpc) is 3.24. The van der Waals surface area contributed by atoms with Gasteiger partial charge in [0.1, 0.15) is 5.69 Å². The minimum atomic E-state index is 0.0116. The van der Waals surface area contributed by atoms with Crippen LogP contribution in [-0.2, 0) is 11.2 Å².